The highest BCUT2D eigenvalue weighted by atomic mass is 19.1. The van der Waals surface area contributed by atoms with Gasteiger partial charge in [-0.1, -0.05) is 25.0 Å². The molecule has 0 spiro atoms. The Bertz CT molecular complexity index is 878. The van der Waals surface area contributed by atoms with E-state index in [4.69, 9.17) is 4.74 Å². The number of urea groups is 1. The Morgan fingerprint density at radius 1 is 1.06 bits per heavy atom. The van der Waals surface area contributed by atoms with Crippen LogP contribution in [0.4, 0.5) is 9.18 Å². The van der Waals surface area contributed by atoms with Gasteiger partial charge in [-0.05, 0) is 62.9 Å². The number of halogens is 1. The van der Waals surface area contributed by atoms with Crippen molar-refractivity contribution >= 4 is 6.03 Å². The third-order valence-corrected chi connectivity index (χ3v) is 6.41. The lowest BCUT2D eigenvalue weighted by molar-refractivity contribution is 0.147. The van der Waals surface area contributed by atoms with Gasteiger partial charge < -0.3 is 19.9 Å². The average molecular weight is 441 g/mol. The zero-order valence-electron chi connectivity index (χ0n) is 18.6. The molecule has 1 aromatic carbocycles. The van der Waals surface area contributed by atoms with Crippen LogP contribution in [0.3, 0.4) is 0 Å². The standard InChI is InChI=1S/C25H33FN4O2/c26-22-8-5-9-23(17-22)32-24-21(7-6-12-27-24)18-28-25(31)30-15-10-20(11-16-30)19-29-13-3-1-2-4-14-29/h5-9,12,17,20H,1-4,10-11,13-16,18-19H2,(H,28,31). The molecule has 4 rings (SSSR count). The summed E-state index contributed by atoms with van der Waals surface area (Å²) in [5.74, 6) is 1.06. The molecule has 2 aliphatic heterocycles. The maximum Gasteiger partial charge on any atom is 0.317 e. The van der Waals surface area contributed by atoms with Crippen molar-refractivity contribution < 1.29 is 13.9 Å². The Labute approximate surface area is 189 Å². The van der Waals surface area contributed by atoms with Crippen LogP contribution >= 0.6 is 0 Å². The molecule has 2 fully saturated rings. The molecule has 2 aromatic rings. The fourth-order valence-corrected chi connectivity index (χ4v) is 4.58. The Kier molecular flexibility index (Phi) is 7.93. The fraction of sp³-hybridized carbons (Fsp3) is 0.520. The smallest absolute Gasteiger partial charge is 0.317 e. The van der Waals surface area contributed by atoms with Gasteiger partial charge in [-0.3, -0.25) is 0 Å². The number of carbonyl (C=O) groups excluding carboxylic acids is 1. The number of carbonyl (C=O) groups is 1. The number of nitrogens with one attached hydrogen (secondary N) is 1. The largest absolute Gasteiger partial charge is 0.439 e. The normalized spacial score (nSPS) is 18.2. The monoisotopic (exact) mass is 440 g/mol. The van der Waals surface area contributed by atoms with Crippen molar-refractivity contribution in [1.29, 1.82) is 0 Å². The summed E-state index contributed by atoms with van der Waals surface area (Å²) in [6.45, 7) is 5.53. The Morgan fingerprint density at radius 3 is 2.59 bits per heavy atom. The predicted octanol–water partition coefficient (Wildman–Crippen LogP) is 4.81. The summed E-state index contributed by atoms with van der Waals surface area (Å²) >= 11 is 0. The van der Waals surface area contributed by atoms with Gasteiger partial charge in [-0.2, -0.15) is 0 Å². The zero-order chi connectivity index (χ0) is 22.2. The molecule has 2 aliphatic rings. The van der Waals surface area contributed by atoms with Crippen LogP contribution in [0, 0.1) is 11.7 Å². The fourth-order valence-electron chi connectivity index (χ4n) is 4.58. The molecule has 32 heavy (non-hydrogen) atoms. The van der Waals surface area contributed by atoms with E-state index in [2.05, 4.69) is 15.2 Å². The minimum atomic E-state index is -0.368. The molecule has 0 atom stereocenters. The van der Waals surface area contributed by atoms with Crippen molar-refractivity contribution in [2.24, 2.45) is 5.92 Å². The van der Waals surface area contributed by atoms with Crippen LogP contribution in [0.1, 0.15) is 44.1 Å². The molecule has 0 aliphatic carbocycles. The lowest BCUT2D eigenvalue weighted by Crippen LogP contribution is -2.45. The number of ether oxygens (including phenoxy) is 1. The van der Waals surface area contributed by atoms with E-state index < -0.39 is 0 Å². The van der Waals surface area contributed by atoms with Gasteiger partial charge in [0.1, 0.15) is 11.6 Å². The Hall–Kier alpha value is -2.67. The molecular weight excluding hydrogens is 407 g/mol. The van der Waals surface area contributed by atoms with Crippen LogP contribution in [0.15, 0.2) is 42.6 Å². The summed E-state index contributed by atoms with van der Waals surface area (Å²) in [5.41, 5.74) is 0.751. The lowest BCUT2D eigenvalue weighted by Gasteiger charge is -2.34. The van der Waals surface area contributed by atoms with Gasteiger partial charge in [0.05, 0.1) is 0 Å². The lowest BCUT2D eigenvalue weighted by atomic mass is 9.96. The first-order chi connectivity index (χ1) is 15.7. The van der Waals surface area contributed by atoms with Gasteiger partial charge in [-0.15, -0.1) is 0 Å². The van der Waals surface area contributed by atoms with E-state index in [-0.39, 0.29) is 11.8 Å². The first-order valence-corrected chi connectivity index (χ1v) is 11.8. The number of benzene rings is 1. The van der Waals surface area contributed by atoms with Crippen LogP contribution in [0.25, 0.3) is 0 Å². The maximum absolute atomic E-state index is 13.4. The van der Waals surface area contributed by atoms with Crippen molar-refractivity contribution in [1.82, 2.24) is 20.1 Å². The van der Waals surface area contributed by atoms with Crippen LogP contribution in [0.2, 0.25) is 0 Å². The highest BCUT2D eigenvalue weighted by molar-refractivity contribution is 5.74. The quantitative estimate of drug-likeness (QED) is 0.700. The van der Waals surface area contributed by atoms with Crippen molar-refractivity contribution in [3.63, 3.8) is 0 Å². The van der Waals surface area contributed by atoms with Crippen LogP contribution in [-0.2, 0) is 6.54 Å². The molecule has 0 bridgehead atoms. The number of hydrogen-bond donors (Lipinski definition) is 1. The molecule has 2 saturated heterocycles. The van der Waals surface area contributed by atoms with E-state index in [0.29, 0.717) is 24.1 Å². The van der Waals surface area contributed by atoms with E-state index in [1.165, 1.54) is 57.5 Å². The van der Waals surface area contributed by atoms with Crippen molar-refractivity contribution in [3.8, 4) is 11.6 Å². The first kappa shape index (κ1) is 22.5. The van der Waals surface area contributed by atoms with Crippen molar-refractivity contribution in [2.75, 3.05) is 32.7 Å². The number of nitrogens with zero attached hydrogens (tertiary/aromatic N) is 3. The van der Waals surface area contributed by atoms with Gasteiger partial charge in [0, 0.05) is 44.0 Å². The molecular formula is C25H33FN4O2. The van der Waals surface area contributed by atoms with E-state index in [1.807, 2.05) is 11.0 Å². The second-order valence-corrected chi connectivity index (χ2v) is 8.83. The summed E-state index contributed by atoms with van der Waals surface area (Å²) < 4.78 is 19.2. The van der Waals surface area contributed by atoms with E-state index in [0.717, 1.165) is 31.5 Å². The zero-order valence-corrected chi connectivity index (χ0v) is 18.6. The van der Waals surface area contributed by atoms with E-state index in [9.17, 15) is 9.18 Å². The summed E-state index contributed by atoms with van der Waals surface area (Å²) in [5, 5.41) is 2.99. The SMILES string of the molecule is O=C(NCc1cccnc1Oc1cccc(F)c1)N1CCC(CN2CCCCCC2)CC1. The third-order valence-electron chi connectivity index (χ3n) is 6.41. The summed E-state index contributed by atoms with van der Waals surface area (Å²) in [4.78, 5) is 21.5. The van der Waals surface area contributed by atoms with E-state index in [1.54, 1.807) is 24.4 Å². The molecule has 6 nitrogen and oxygen atoms in total. The highest BCUT2D eigenvalue weighted by Crippen LogP contribution is 2.24. The first-order valence-electron chi connectivity index (χ1n) is 11.8. The molecule has 3 heterocycles. The summed E-state index contributed by atoms with van der Waals surface area (Å²) in [7, 11) is 0. The third kappa shape index (κ3) is 6.42. The topological polar surface area (TPSA) is 57.7 Å². The van der Waals surface area contributed by atoms with Gasteiger partial charge >= 0.3 is 6.03 Å². The summed E-state index contributed by atoms with van der Waals surface area (Å²) in [6, 6.07) is 9.54. The maximum atomic E-state index is 13.4. The van der Waals surface area contributed by atoms with Crippen LogP contribution in [-0.4, -0.2) is 53.5 Å². The number of amides is 2. The second-order valence-electron chi connectivity index (χ2n) is 8.83. The molecule has 0 unspecified atom stereocenters. The van der Waals surface area contributed by atoms with E-state index >= 15 is 0 Å². The van der Waals surface area contributed by atoms with Gasteiger partial charge in [-0.25, -0.2) is 14.2 Å². The number of pyridine rings is 1. The number of aromatic nitrogens is 1. The Morgan fingerprint density at radius 2 is 1.84 bits per heavy atom. The second kappa shape index (κ2) is 11.3. The van der Waals surface area contributed by atoms with Crippen LogP contribution in [0.5, 0.6) is 11.6 Å². The van der Waals surface area contributed by atoms with Crippen molar-refractivity contribution in [2.45, 2.75) is 45.1 Å². The van der Waals surface area contributed by atoms with Gasteiger partial charge in [0.25, 0.3) is 0 Å². The minimum absolute atomic E-state index is 0.0567. The molecule has 1 aromatic heterocycles. The predicted molar refractivity (Wildman–Crippen MR) is 122 cm³/mol. The average Bonchev–Trinajstić information content (AvgIpc) is 3.07. The number of hydrogen-bond acceptors (Lipinski definition) is 4. The summed E-state index contributed by atoms with van der Waals surface area (Å²) in [6.07, 6.45) is 9.10. The minimum Gasteiger partial charge on any atom is -0.439 e. The number of piperidine rings is 1. The Balaban J connectivity index is 1.25. The highest BCUT2D eigenvalue weighted by Gasteiger charge is 2.24. The number of likely N-dealkylation sites (tertiary alicyclic amines) is 2. The molecule has 7 heteroatoms. The number of rotatable bonds is 6. The molecule has 2 amide bonds. The van der Waals surface area contributed by atoms with Crippen LogP contribution < -0.4 is 10.1 Å². The molecule has 172 valence electrons. The molecule has 1 N–H and O–H groups in total. The van der Waals surface area contributed by atoms with Crippen molar-refractivity contribution in [3.05, 3.63) is 54.0 Å². The molecule has 0 saturated carbocycles. The van der Waals surface area contributed by atoms with Gasteiger partial charge in [0.2, 0.25) is 5.88 Å². The van der Waals surface area contributed by atoms with Gasteiger partial charge in [0.15, 0.2) is 0 Å². The molecule has 0 radical (unpaired) electrons.